The fourth-order valence-electron chi connectivity index (χ4n) is 2.31. The normalized spacial score (nSPS) is 11.0. The van der Waals surface area contributed by atoms with Crippen molar-refractivity contribution in [1.29, 1.82) is 0 Å². The summed E-state index contributed by atoms with van der Waals surface area (Å²) >= 11 is 0. The summed E-state index contributed by atoms with van der Waals surface area (Å²) in [6, 6.07) is 19.3. The van der Waals surface area contributed by atoms with Gasteiger partial charge in [0.25, 0.3) is 10.0 Å². The van der Waals surface area contributed by atoms with Gasteiger partial charge in [-0.2, -0.15) is 0 Å². The third-order valence-corrected chi connectivity index (χ3v) is 5.10. The molecule has 0 saturated carbocycles. The van der Waals surface area contributed by atoms with Crippen LogP contribution in [-0.2, 0) is 16.6 Å². The molecule has 0 bridgehead atoms. The first-order valence-electron chi connectivity index (χ1n) is 7.97. The van der Waals surface area contributed by atoms with Crippen LogP contribution in [0.2, 0.25) is 0 Å². The summed E-state index contributed by atoms with van der Waals surface area (Å²) in [6.07, 6.45) is 1.48. The number of anilines is 2. The van der Waals surface area contributed by atoms with Crippen molar-refractivity contribution in [1.82, 2.24) is 4.98 Å². The molecule has 0 amide bonds. The number of nitrogens with one attached hydrogen (secondary N) is 2. The molecule has 1 aromatic heterocycles. The van der Waals surface area contributed by atoms with E-state index in [-0.39, 0.29) is 4.90 Å². The van der Waals surface area contributed by atoms with E-state index in [4.69, 9.17) is 4.74 Å². The molecule has 0 spiro atoms. The number of sulfonamides is 1. The van der Waals surface area contributed by atoms with E-state index >= 15 is 0 Å². The predicted molar refractivity (Wildman–Crippen MR) is 102 cm³/mol. The van der Waals surface area contributed by atoms with Gasteiger partial charge in [0, 0.05) is 6.54 Å². The van der Waals surface area contributed by atoms with Crippen LogP contribution in [-0.4, -0.2) is 20.5 Å². The second-order valence-corrected chi connectivity index (χ2v) is 7.23. The molecule has 0 saturated heterocycles. The van der Waals surface area contributed by atoms with Gasteiger partial charge in [-0.3, -0.25) is 4.72 Å². The summed E-state index contributed by atoms with van der Waals surface area (Å²) in [6.45, 7) is 0.603. The zero-order chi connectivity index (χ0) is 18.4. The maximum atomic E-state index is 12.3. The van der Waals surface area contributed by atoms with Crippen LogP contribution in [0.5, 0.6) is 5.75 Å². The molecular formula is C19H19N3O3S. The van der Waals surface area contributed by atoms with Gasteiger partial charge in [0.2, 0.25) is 0 Å². The maximum absolute atomic E-state index is 12.3. The standard InChI is InChI=1S/C19H19N3O3S/c1-25-17-10-7-15(8-11-17)13-20-19-12-9-16(14-21-19)22-26(23,24)18-5-3-2-4-6-18/h2-12,14,22H,13H2,1H3,(H,20,21). The summed E-state index contributed by atoms with van der Waals surface area (Å²) in [5, 5.41) is 3.19. The Hall–Kier alpha value is -3.06. The highest BCUT2D eigenvalue weighted by molar-refractivity contribution is 7.92. The van der Waals surface area contributed by atoms with Crippen LogP contribution in [0.4, 0.5) is 11.5 Å². The van der Waals surface area contributed by atoms with E-state index in [0.717, 1.165) is 11.3 Å². The largest absolute Gasteiger partial charge is 0.497 e. The van der Waals surface area contributed by atoms with Crippen molar-refractivity contribution in [3.63, 3.8) is 0 Å². The van der Waals surface area contributed by atoms with Crippen molar-refractivity contribution in [3.05, 3.63) is 78.5 Å². The first kappa shape index (κ1) is 17.8. The third kappa shape index (κ3) is 4.52. The molecule has 0 radical (unpaired) electrons. The van der Waals surface area contributed by atoms with Crippen molar-refractivity contribution >= 4 is 21.5 Å². The second-order valence-electron chi connectivity index (χ2n) is 5.55. The van der Waals surface area contributed by atoms with Gasteiger partial charge in [0.05, 0.1) is 23.9 Å². The highest BCUT2D eigenvalue weighted by Crippen LogP contribution is 2.17. The summed E-state index contributed by atoms with van der Waals surface area (Å²) in [5.41, 5.74) is 1.49. The molecule has 0 aliphatic heterocycles. The summed E-state index contributed by atoms with van der Waals surface area (Å²) in [5.74, 6) is 1.46. The van der Waals surface area contributed by atoms with Crippen molar-refractivity contribution in [2.24, 2.45) is 0 Å². The van der Waals surface area contributed by atoms with Crippen LogP contribution in [0.1, 0.15) is 5.56 Å². The van der Waals surface area contributed by atoms with Crippen molar-refractivity contribution in [2.45, 2.75) is 11.4 Å². The Bertz CT molecular complexity index is 942. The van der Waals surface area contributed by atoms with E-state index in [9.17, 15) is 8.42 Å². The van der Waals surface area contributed by atoms with Gasteiger partial charge in [-0.05, 0) is 42.0 Å². The number of ether oxygens (including phenoxy) is 1. The Morgan fingerprint density at radius 3 is 2.31 bits per heavy atom. The van der Waals surface area contributed by atoms with Crippen LogP contribution >= 0.6 is 0 Å². The molecule has 7 heteroatoms. The predicted octanol–water partition coefficient (Wildman–Crippen LogP) is 3.50. The second kappa shape index (κ2) is 7.88. The molecule has 134 valence electrons. The summed E-state index contributed by atoms with van der Waals surface area (Å²) in [7, 11) is -1.98. The molecule has 1 heterocycles. The molecular weight excluding hydrogens is 350 g/mol. The monoisotopic (exact) mass is 369 g/mol. The molecule has 26 heavy (non-hydrogen) atoms. The van der Waals surface area contributed by atoms with E-state index in [1.165, 1.54) is 6.20 Å². The van der Waals surface area contributed by atoms with Crippen LogP contribution in [0.15, 0.2) is 77.8 Å². The molecule has 0 aliphatic carbocycles. The number of hydrogen-bond donors (Lipinski definition) is 2. The number of aromatic nitrogens is 1. The van der Waals surface area contributed by atoms with E-state index in [2.05, 4.69) is 15.0 Å². The minimum atomic E-state index is -3.61. The van der Waals surface area contributed by atoms with Gasteiger partial charge in [0.15, 0.2) is 0 Å². The number of benzene rings is 2. The summed E-state index contributed by atoms with van der Waals surface area (Å²) in [4.78, 5) is 4.45. The topological polar surface area (TPSA) is 80.3 Å². The smallest absolute Gasteiger partial charge is 0.261 e. The fourth-order valence-corrected chi connectivity index (χ4v) is 3.37. The van der Waals surface area contributed by atoms with Gasteiger partial charge in [0.1, 0.15) is 11.6 Å². The Morgan fingerprint density at radius 2 is 1.69 bits per heavy atom. The number of methoxy groups -OCH3 is 1. The average Bonchev–Trinajstić information content (AvgIpc) is 2.68. The minimum Gasteiger partial charge on any atom is -0.497 e. The van der Waals surface area contributed by atoms with Crippen LogP contribution in [0, 0.1) is 0 Å². The van der Waals surface area contributed by atoms with E-state index in [1.54, 1.807) is 49.6 Å². The third-order valence-electron chi connectivity index (χ3n) is 3.70. The maximum Gasteiger partial charge on any atom is 0.261 e. The van der Waals surface area contributed by atoms with Crippen molar-refractivity contribution in [3.8, 4) is 5.75 Å². The number of hydrogen-bond acceptors (Lipinski definition) is 5. The fraction of sp³-hybridized carbons (Fsp3) is 0.105. The number of rotatable bonds is 7. The van der Waals surface area contributed by atoms with Gasteiger partial charge < -0.3 is 10.1 Å². The Labute approximate surface area is 152 Å². The molecule has 2 aromatic carbocycles. The molecule has 0 atom stereocenters. The van der Waals surface area contributed by atoms with Gasteiger partial charge in [-0.1, -0.05) is 30.3 Å². The molecule has 0 aliphatic rings. The minimum absolute atomic E-state index is 0.210. The Kier molecular flexibility index (Phi) is 5.38. The lowest BCUT2D eigenvalue weighted by molar-refractivity contribution is 0.414. The zero-order valence-corrected chi connectivity index (χ0v) is 15.0. The Balaban J connectivity index is 1.61. The molecule has 6 nitrogen and oxygen atoms in total. The highest BCUT2D eigenvalue weighted by Gasteiger charge is 2.13. The van der Waals surface area contributed by atoms with Gasteiger partial charge in [-0.25, -0.2) is 13.4 Å². The van der Waals surface area contributed by atoms with Crippen LogP contribution in [0.25, 0.3) is 0 Å². The SMILES string of the molecule is COc1ccc(CNc2ccc(NS(=O)(=O)c3ccccc3)cn2)cc1. The quantitative estimate of drug-likeness (QED) is 0.666. The number of pyridine rings is 1. The van der Waals surface area contributed by atoms with E-state index in [1.807, 2.05) is 24.3 Å². The lowest BCUT2D eigenvalue weighted by Crippen LogP contribution is -2.13. The molecule has 3 aromatic rings. The molecule has 0 fully saturated rings. The van der Waals surface area contributed by atoms with Crippen molar-refractivity contribution < 1.29 is 13.2 Å². The van der Waals surface area contributed by atoms with E-state index < -0.39 is 10.0 Å². The summed E-state index contributed by atoms with van der Waals surface area (Å²) < 4.78 is 32.2. The van der Waals surface area contributed by atoms with Crippen molar-refractivity contribution in [2.75, 3.05) is 17.1 Å². The lowest BCUT2D eigenvalue weighted by atomic mass is 10.2. The van der Waals surface area contributed by atoms with Gasteiger partial charge in [-0.15, -0.1) is 0 Å². The van der Waals surface area contributed by atoms with E-state index in [0.29, 0.717) is 18.1 Å². The molecule has 0 unspecified atom stereocenters. The highest BCUT2D eigenvalue weighted by atomic mass is 32.2. The Morgan fingerprint density at radius 1 is 0.962 bits per heavy atom. The lowest BCUT2D eigenvalue weighted by Gasteiger charge is -2.09. The first-order chi connectivity index (χ1) is 12.6. The van der Waals surface area contributed by atoms with Gasteiger partial charge >= 0.3 is 0 Å². The zero-order valence-electron chi connectivity index (χ0n) is 14.2. The number of nitrogens with zero attached hydrogens (tertiary/aromatic N) is 1. The molecule has 2 N–H and O–H groups in total. The van der Waals surface area contributed by atoms with Crippen LogP contribution < -0.4 is 14.8 Å². The van der Waals surface area contributed by atoms with Crippen LogP contribution in [0.3, 0.4) is 0 Å². The average molecular weight is 369 g/mol. The molecule has 3 rings (SSSR count). The first-order valence-corrected chi connectivity index (χ1v) is 9.46.